The molecule has 0 unspecified atom stereocenters. The number of anilines is 3. The summed E-state index contributed by atoms with van der Waals surface area (Å²) in [6.07, 6.45) is 1.62. The van der Waals surface area contributed by atoms with Gasteiger partial charge in [0.05, 0.1) is 18.2 Å². The number of aromatic amines is 1. The maximum absolute atomic E-state index is 11.5. The van der Waals surface area contributed by atoms with Crippen LogP contribution in [0.2, 0.25) is 0 Å². The smallest absolute Gasteiger partial charge is 0.248 e. The van der Waals surface area contributed by atoms with Crippen molar-refractivity contribution in [2.45, 2.75) is 19.9 Å². The normalized spacial score (nSPS) is 11.7. The van der Waals surface area contributed by atoms with Crippen LogP contribution in [0.15, 0.2) is 54.7 Å². The van der Waals surface area contributed by atoms with Gasteiger partial charge in [0.2, 0.25) is 11.9 Å². The van der Waals surface area contributed by atoms with Gasteiger partial charge in [-0.25, -0.2) is 9.97 Å². The SMILES string of the molecule is Cc1nc(-c2cnc(Nc3ccc(C(N)=O)c(C)c3)nc2N[C@H](CO)c2ccccc2)n[nH]1. The van der Waals surface area contributed by atoms with Crippen LogP contribution in [0, 0.1) is 13.8 Å². The highest BCUT2D eigenvalue weighted by molar-refractivity contribution is 5.94. The number of aliphatic hydroxyl groups excluding tert-OH is 1. The molecule has 6 N–H and O–H groups in total. The molecule has 0 spiro atoms. The van der Waals surface area contributed by atoms with Crippen molar-refractivity contribution >= 4 is 23.4 Å². The van der Waals surface area contributed by atoms with E-state index in [1.54, 1.807) is 38.2 Å². The molecule has 0 bridgehead atoms. The number of primary amides is 1. The van der Waals surface area contributed by atoms with E-state index in [9.17, 15) is 9.90 Å². The minimum Gasteiger partial charge on any atom is -0.394 e. The zero-order chi connectivity index (χ0) is 23.4. The Kier molecular flexibility index (Phi) is 6.27. The van der Waals surface area contributed by atoms with Crippen molar-refractivity contribution in [3.05, 3.63) is 77.2 Å². The molecule has 2 aromatic heterocycles. The summed E-state index contributed by atoms with van der Waals surface area (Å²) in [6, 6.07) is 14.4. The summed E-state index contributed by atoms with van der Waals surface area (Å²) in [7, 11) is 0. The van der Waals surface area contributed by atoms with Gasteiger partial charge in [0, 0.05) is 17.4 Å². The molecule has 2 aromatic carbocycles. The number of benzene rings is 2. The van der Waals surface area contributed by atoms with Crippen molar-refractivity contribution in [1.82, 2.24) is 25.1 Å². The quantitative estimate of drug-likeness (QED) is 0.278. The molecule has 0 aliphatic carbocycles. The Morgan fingerprint density at radius 3 is 2.58 bits per heavy atom. The Hall–Kier alpha value is -4.31. The number of carbonyl (C=O) groups is 1. The van der Waals surface area contributed by atoms with Gasteiger partial charge in [-0.05, 0) is 43.2 Å². The van der Waals surface area contributed by atoms with Crippen molar-refractivity contribution < 1.29 is 9.90 Å². The van der Waals surface area contributed by atoms with Gasteiger partial charge in [-0.1, -0.05) is 30.3 Å². The summed E-state index contributed by atoms with van der Waals surface area (Å²) in [6.45, 7) is 3.47. The number of nitrogens with zero attached hydrogens (tertiary/aromatic N) is 4. The second kappa shape index (κ2) is 9.45. The molecule has 10 nitrogen and oxygen atoms in total. The number of hydrogen-bond acceptors (Lipinski definition) is 8. The number of rotatable bonds is 8. The number of amides is 1. The third-order valence-corrected chi connectivity index (χ3v) is 5.07. The van der Waals surface area contributed by atoms with Crippen LogP contribution in [0.25, 0.3) is 11.4 Å². The number of aliphatic hydroxyl groups is 1. The second-order valence-corrected chi connectivity index (χ2v) is 7.51. The Morgan fingerprint density at radius 1 is 1.15 bits per heavy atom. The van der Waals surface area contributed by atoms with Crippen molar-refractivity contribution in [3.63, 3.8) is 0 Å². The molecule has 0 aliphatic heterocycles. The first kappa shape index (κ1) is 21.9. The van der Waals surface area contributed by atoms with Crippen LogP contribution in [-0.2, 0) is 0 Å². The lowest BCUT2D eigenvalue weighted by Gasteiger charge is -2.19. The molecule has 4 rings (SSSR count). The van der Waals surface area contributed by atoms with Gasteiger partial charge >= 0.3 is 0 Å². The fraction of sp³-hybridized carbons (Fsp3) is 0.174. The highest BCUT2D eigenvalue weighted by atomic mass is 16.3. The molecule has 4 aromatic rings. The van der Waals surface area contributed by atoms with Crippen molar-refractivity contribution in [1.29, 1.82) is 0 Å². The number of hydrogen-bond donors (Lipinski definition) is 5. The van der Waals surface area contributed by atoms with Gasteiger partial charge in [-0.2, -0.15) is 10.1 Å². The summed E-state index contributed by atoms with van der Waals surface area (Å²) in [5.74, 6) is 1.39. The number of aromatic nitrogens is 5. The van der Waals surface area contributed by atoms with Crippen molar-refractivity contribution in [2.75, 3.05) is 17.2 Å². The van der Waals surface area contributed by atoms with E-state index in [-0.39, 0.29) is 6.61 Å². The van der Waals surface area contributed by atoms with Gasteiger partial charge in [-0.3, -0.25) is 9.89 Å². The first-order valence-corrected chi connectivity index (χ1v) is 10.3. The molecule has 0 radical (unpaired) electrons. The maximum atomic E-state index is 11.5. The number of nitrogens with two attached hydrogens (primary N) is 1. The summed E-state index contributed by atoms with van der Waals surface area (Å²) < 4.78 is 0. The molecule has 1 atom stereocenters. The third-order valence-electron chi connectivity index (χ3n) is 5.07. The molecule has 1 amide bonds. The van der Waals surface area contributed by atoms with Gasteiger partial charge in [0.25, 0.3) is 0 Å². The summed E-state index contributed by atoms with van der Waals surface area (Å²) in [5, 5.41) is 23.5. The molecule has 0 saturated carbocycles. The first-order valence-electron chi connectivity index (χ1n) is 10.3. The summed E-state index contributed by atoms with van der Waals surface area (Å²) in [4.78, 5) is 24.9. The van der Waals surface area contributed by atoms with E-state index in [4.69, 9.17) is 5.73 Å². The molecule has 0 aliphatic rings. The Morgan fingerprint density at radius 2 is 1.94 bits per heavy atom. The highest BCUT2D eigenvalue weighted by Crippen LogP contribution is 2.28. The largest absolute Gasteiger partial charge is 0.394 e. The Bertz CT molecular complexity index is 1270. The Labute approximate surface area is 190 Å². The molecule has 168 valence electrons. The minimum absolute atomic E-state index is 0.142. The summed E-state index contributed by atoms with van der Waals surface area (Å²) in [5.41, 5.74) is 8.77. The molecular formula is C23H24N8O2. The zero-order valence-corrected chi connectivity index (χ0v) is 18.2. The molecular weight excluding hydrogens is 420 g/mol. The summed E-state index contributed by atoms with van der Waals surface area (Å²) >= 11 is 0. The average Bonchev–Trinajstić information content (AvgIpc) is 3.24. The lowest BCUT2D eigenvalue weighted by molar-refractivity contribution is 0.0999. The van der Waals surface area contributed by atoms with Crippen LogP contribution in [-0.4, -0.2) is 42.8 Å². The standard InChI is InChI=1S/C23H24N8O2/c1-13-10-16(8-9-17(13)20(24)33)27-23-25-11-18(22-26-14(2)30-31-22)21(29-23)28-19(12-32)15-6-4-3-5-7-15/h3-11,19,32H,12H2,1-2H3,(H2,24,33)(H,26,30,31)(H2,25,27,28,29)/t19-/m1/s1. The molecule has 2 heterocycles. The van der Waals surface area contributed by atoms with Gasteiger partial charge < -0.3 is 21.5 Å². The lowest BCUT2D eigenvalue weighted by Crippen LogP contribution is -2.17. The van der Waals surface area contributed by atoms with Crippen LogP contribution >= 0.6 is 0 Å². The number of H-pyrrole nitrogens is 1. The molecule has 33 heavy (non-hydrogen) atoms. The van der Waals surface area contributed by atoms with Crippen molar-refractivity contribution in [3.8, 4) is 11.4 Å². The lowest BCUT2D eigenvalue weighted by atomic mass is 10.1. The van der Waals surface area contributed by atoms with Gasteiger partial charge in [-0.15, -0.1) is 0 Å². The predicted molar refractivity (Wildman–Crippen MR) is 125 cm³/mol. The molecule has 0 fully saturated rings. The van der Waals surface area contributed by atoms with Crippen molar-refractivity contribution in [2.24, 2.45) is 5.73 Å². The zero-order valence-electron chi connectivity index (χ0n) is 18.2. The van der Waals surface area contributed by atoms with E-state index in [2.05, 4.69) is 35.8 Å². The fourth-order valence-corrected chi connectivity index (χ4v) is 3.41. The molecule has 0 saturated heterocycles. The van der Waals surface area contributed by atoms with Gasteiger partial charge in [0.1, 0.15) is 11.6 Å². The minimum atomic E-state index is -0.483. The van der Waals surface area contributed by atoms with E-state index in [0.29, 0.717) is 40.2 Å². The van der Waals surface area contributed by atoms with E-state index in [1.807, 2.05) is 30.3 Å². The van der Waals surface area contributed by atoms with E-state index in [1.165, 1.54) is 0 Å². The topological polar surface area (TPSA) is 155 Å². The third kappa shape index (κ3) is 4.96. The number of carbonyl (C=O) groups excluding carboxylic acids is 1. The van der Waals surface area contributed by atoms with E-state index in [0.717, 1.165) is 11.1 Å². The van der Waals surface area contributed by atoms with Crippen LogP contribution in [0.1, 0.15) is 33.4 Å². The number of nitrogens with one attached hydrogen (secondary N) is 3. The van der Waals surface area contributed by atoms with Crippen LogP contribution in [0.4, 0.5) is 17.5 Å². The first-order chi connectivity index (χ1) is 15.9. The van der Waals surface area contributed by atoms with Crippen LogP contribution in [0.5, 0.6) is 0 Å². The number of aryl methyl sites for hydroxylation is 2. The maximum Gasteiger partial charge on any atom is 0.248 e. The van der Waals surface area contributed by atoms with E-state index < -0.39 is 11.9 Å². The Balaban J connectivity index is 1.69. The predicted octanol–water partition coefficient (Wildman–Crippen LogP) is 2.87. The molecule has 10 heteroatoms. The second-order valence-electron chi connectivity index (χ2n) is 7.51. The van der Waals surface area contributed by atoms with Crippen LogP contribution in [0.3, 0.4) is 0 Å². The average molecular weight is 444 g/mol. The highest BCUT2D eigenvalue weighted by Gasteiger charge is 2.18. The monoisotopic (exact) mass is 444 g/mol. The fourth-order valence-electron chi connectivity index (χ4n) is 3.41. The van der Waals surface area contributed by atoms with Crippen LogP contribution < -0.4 is 16.4 Å². The van der Waals surface area contributed by atoms with Gasteiger partial charge in [0.15, 0.2) is 5.82 Å². The van der Waals surface area contributed by atoms with E-state index >= 15 is 0 Å².